The molecule has 1 saturated carbocycles. The Morgan fingerprint density at radius 1 is 1.14 bits per heavy atom. The zero-order chi connectivity index (χ0) is 25.8. The molecular formula is C29H35N3O5. The molecular weight excluding hydrogens is 470 g/mol. The maximum Gasteiger partial charge on any atom is 0.251 e. The molecule has 2 fully saturated rings. The van der Waals surface area contributed by atoms with E-state index in [0.717, 1.165) is 41.9 Å². The Bertz CT molecular complexity index is 1170. The van der Waals surface area contributed by atoms with Crippen molar-refractivity contribution in [1.82, 2.24) is 10.4 Å². The van der Waals surface area contributed by atoms with Crippen LogP contribution in [0.4, 0.5) is 0 Å². The van der Waals surface area contributed by atoms with Gasteiger partial charge in [0.25, 0.3) is 5.91 Å². The second-order valence-corrected chi connectivity index (χ2v) is 9.73. The minimum Gasteiger partial charge on any atom is -0.493 e. The maximum atomic E-state index is 12.3. The first-order chi connectivity index (χ1) is 18.1. The van der Waals surface area contributed by atoms with Crippen LogP contribution in [0.5, 0.6) is 11.5 Å². The Morgan fingerprint density at radius 3 is 2.70 bits per heavy atom. The molecule has 8 heteroatoms. The van der Waals surface area contributed by atoms with Crippen molar-refractivity contribution in [3.05, 3.63) is 65.2 Å². The highest BCUT2D eigenvalue weighted by Gasteiger charge is 2.38. The minimum atomic E-state index is -0.0609. The van der Waals surface area contributed by atoms with E-state index in [4.69, 9.17) is 24.0 Å². The molecule has 1 amide bonds. The van der Waals surface area contributed by atoms with Crippen molar-refractivity contribution in [2.75, 3.05) is 47.1 Å². The third kappa shape index (κ3) is 5.36. The number of hydrogen-bond acceptors (Lipinski definition) is 7. The van der Waals surface area contributed by atoms with Gasteiger partial charge in [0.15, 0.2) is 18.1 Å². The predicted octanol–water partition coefficient (Wildman–Crippen LogP) is 3.91. The monoisotopic (exact) mass is 505 g/mol. The van der Waals surface area contributed by atoms with Crippen molar-refractivity contribution < 1.29 is 23.8 Å². The van der Waals surface area contributed by atoms with Gasteiger partial charge in [0.05, 0.1) is 39.2 Å². The number of rotatable bonds is 8. The van der Waals surface area contributed by atoms with Crippen LogP contribution >= 0.6 is 0 Å². The largest absolute Gasteiger partial charge is 0.493 e. The van der Waals surface area contributed by atoms with Gasteiger partial charge in [-0.15, -0.1) is 0 Å². The van der Waals surface area contributed by atoms with Crippen molar-refractivity contribution in [3.8, 4) is 11.5 Å². The van der Waals surface area contributed by atoms with E-state index in [1.165, 1.54) is 11.1 Å². The summed E-state index contributed by atoms with van der Waals surface area (Å²) in [4.78, 5) is 24.5. The number of carbonyl (C=O) groups excluding carboxylic acids is 1. The van der Waals surface area contributed by atoms with E-state index >= 15 is 0 Å². The minimum absolute atomic E-state index is 0.0504. The van der Waals surface area contributed by atoms with Crippen LogP contribution in [0, 0.1) is 0 Å². The lowest BCUT2D eigenvalue weighted by Crippen LogP contribution is -2.43. The third-order valence-corrected chi connectivity index (χ3v) is 7.63. The molecule has 2 aromatic rings. The second kappa shape index (κ2) is 11.4. The van der Waals surface area contributed by atoms with Crippen LogP contribution in [0.25, 0.3) is 5.70 Å². The number of aliphatic imine (C=N–C) groups is 1. The molecule has 2 heterocycles. The lowest BCUT2D eigenvalue weighted by molar-refractivity contribution is -0.141. The average molecular weight is 506 g/mol. The van der Waals surface area contributed by atoms with Crippen molar-refractivity contribution in [2.24, 2.45) is 4.99 Å². The number of fused-ring (bicyclic) bond motifs is 3. The van der Waals surface area contributed by atoms with Crippen LogP contribution < -0.4 is 15.0 Å². The van der Waals surface area contributed by atoms with Crippen LogP contribution in [0.2, 0.25) is 0 Å². The molecule has 5 rings (SSSR count). The Labute approximate surface area is 218 Å². The van der Waals surface area contributed by atoms with Gasteiger partial charge in [-0.25, -0.2) is 0 Å². The molecule has 1 unspecified atom stereocenters. The lowest BCUT2D eigenvalue weighted by Gasteiger charge is -2.40. The molecule has 0 aromatic heterocycles. The molecule has 3 aliphatic rings. The van der Waals surface area contributed by atoms with Crippen molar-refractivity contribution >= 4 is 17.8 Å². The number of amides is 1. The topological polar surface area (TPSA) is 81.6 Å². The molecule has 37 heavy (non-hydrogen) atoms. The number of methoxy groups -OCH3 is 2. The number of carbonyl (C=O) groups is 1. The first kappa shape index (κ1) is 25.3. The zero-order valence-electron chi connectivity index (χ0n) is 21.6. The Balaban J connectivity index is 1.31. The number of hydroxylamine groups is 1. The van der Waals surface area contributed by atoms with Gasteiger partial charge in [-0.05, 0) is 59.2 Å². The Morgan fingerprint density at radius 2 is 1.92 bits per heavy atom. The fourth-order valence-corrected chi connectivity index (χ4v) is 5.73. The summed E-state index contributed by atoms with van der Waals surface area (Å²) in [6.07, 6.45) is 5.27. The average Bonchev–Trinajstić information content (AvgIpc) is 2.96. The number of nitrogens with one attached hydrogen (secondary N) is 1. The number of morpholine rings is 1. The summed E-state index contributed by atoms with van der Waals surface area (Å²) in [7, 11) is 3.33. The van der Waals surface area contributed by atoms with E-state index < -0.39 is 0 Å². The summed E-state index contributed by atoms with van der Waals surface area (Å²) in [6, 6.07) is 12.8. The van der Waals surface area contributed by atoms with Crippen LogP contribution in [0.15, 0.2) is 48.0 Å². The molecule has 1 N–H and O–H groups in total. The van der Waals surface area contributed by atoms with Crippen LogP contribution in [-0.2, 0) is 14.4 Å². The molecule has 1 aliphatic carbocycles. The molecule has 196 valence electrons. The van der Waals surface area contributed by atoms with E-state index in [2.05, 4.69) is 36.3 Å². The summed E-state index contributed by atoms with van der Waals surface area (Å²) in [6.45, 7) is 6.42. The summed E-state index contributed by atoms with van der Waals surface area (Å²) in [5, 5.41) is 0. The van der Waals surface area contributed by atoms with Crippen LogP contribution in [0.3, 0.4) is 0 Å². The van der Waals surface area contributed by atoms with Gasteiger partial charge in [0.2, 0.25) is 0 Å². The summed E-state index contributed by atoms with van der Waals surface area (Å²) < 4.78 is 16.5. The SMILES string of the molecule is C=C(NOCC(=O)N1CCOCC1)c1cccc(C2CCC[C@H]3N=Cc4cc(OC)c(OC)cc4[C@@H]23)c1. The highest BCUT2D eigenvalue weighted by Crippen LogP contribution is 2.49. The summed E-state index contributed by atoms with van der Waals surface area (Å²) >= 11 is 0. The van der Waals surface area contributed by atoms with E-state index in [-0.39, 0.29) is 24.5 Å². The molecule has 0 bridgehead atoms. The highest BCUT2D eigenvalue weighted by atomic mass is 16.6. The summed E-state index contributed by atoms with van der Waals surface area (Å²) in [5.74, 6) is 1.97. The molecule has 2 aliphatic heterocycles. The molecule has 2 aromatic carbocycles. The van der Waals surface area contributed by atoms with Gasteiger partial charge in [0.1, 0.15) is 0 Å². The molecule has 0 spiro atoms. The Kier molecular flexibility index (Phi) is 7.76. The first-order valence-electron chi connectivity index (χ1n) is 12.9. The number of hydrogen-bond donors (Lipinski definition) is 1. The van der Waals surface area contributed by atoms with Crippen LogP contribution in [-0.4, -0.2) is 70.2 Å². The van der Waals surface area contributed by atoms with Gasteiger partial charge in [-0.1, -0.05) is 31.2 Å². The van der Waals surface area contributed by atoms with E-state index in [1.807, 2.05) is 18.3 Å². The predicted molar refractivity (Wildman–Crippen MR) is 142 cm³/mol. The third-order valence-electron chi connectivity index (χ3n) is 7.63. The van der Waals surface area contributed by atoms with Gasteiger partial charge < -0.3 is 19.1 Å². The maximum absolute atomic E-state index is 12.3. The molecule has 0 radical (unpaired) electrons. The van der Waals surface area contributed by atoms with Gasteiger partial charge in [-0.3, -0.25) is 20.1 Å². The van der Waals surface area contributed by atoms with E-state index in [0.29, 0.717) is 37.9 Å². The Hall–Kier alpha value is -3.36. The number of ether oxygens (including phenoxy) is 3. The van der Waals surface area contributed by atoms with E-state index in [9.17, 15) is 4.79 Å². The quantitative estimate of drug-likeness (QED) is 0.548. The fourth-order valence-electron chi connectivity index (χ4n) is 5.73. The molecule has 8 nitrogen and oxygen atoms in total. The molecule has 3 atom stereocenters. The van der Waals surface area contributed by atoms with Crippen molar-refractivity contribution in [3.63, 3.8) is 0 Å². The number of nitrogens with zero attached hydrogens (tertiary/aromatic N) is 2. The van der Waals surface area contributed by atoms with Crippen molar-refractivity contribution in [2.45, 2.75) is 37.1 Å². The van der Waals surface area contributed by atoms with Gasteiger partial charge in [0, 0.05) is 25.2 Å². The van der Waals surface area contributed by atoms with Crippen molar-refractivity contribution in [1.29, 1.82) is 0 Å². The normalized spacial score (nSPS) is 22.5. The smallest absolute Gasteiger partial charge is 0.251 e. The number of benzene rings is 2. The summed E-state index contributed by atoms with van der Waals surface area (Å²) in [5.41, 5.74) is 8.03. The zero-order valence-corrected chi connectivity index (χ0v) is 21.6. The molecule has 1 saturated heterocycles. The van der Waals surface area contributed by atoms with Gasteiger partial charge in [-0.2, -0.15) is 0 Å². The van der Waals surface area contributed by atoms with Gasteiger partial charge >= 0.3 is 0 Å². The highest BCUT2D eigenvalue weighted by molar-refractivity contribution is 5.85. The second-order valence-electron chi connectivity index (χ2n) is 9.73. The standard InChI is InChI=1S/C29H35N3O5/c1-19(31-37-18-28(33)32-10-12-36-13-11-32)20-6-4-7-21(14-20)23-8-5-9-25-29(23)24-16-27(35-3)26(34-2)15-22(24)17-30-25/h4,6-7,14-17,23,25,29,31H,1,5,8-13,18H2,2-3H3/t23?,25-,29-/m1/s1. The first-order valence-corrected chi connectivity index (χ1v) is 12.9. The fraction of sp³-hybridized carbons (Fsp3) is 0.448. The lowest BCUT2D eigenvalue weighted by atomic mass is 9.67. The van der Waals surface area contributed by atoms with Crippen LogP contribution in [0.1, 0.15) is 53.4 Å². The van der Waals surface area contributed by atoms with E-state index in [1.54, 1.807) is 19.1 Å².